The van der Waals surface area contributed by atoms with Gasteiger partial charge in [0.1, 0.15) is 5.03 Å². The molecule has 156 valence electrons. The highest BCUT2D eigenvalue weighted by Crippen LogP contribution is 2.27. The molecule has 0 aliphatic carbocycles. The van der Waals surface area contributed by atoms with Crippen LogP contribution in [0.25, 0.3) is 5.78 Å². The standard InChI is InChI=1S/C19H23N9S2/c1-13-5-7-15(8-6-13)12-29-18-21-17-20-14(2)11-16(28(17)23-18)30-19-22-24-25-27(19)10-9-26(3)4/h5-8,11H,9-10,12H2,1-4H3. The lowest BCUT2D eigenvalue weighted by Gasteiger charge is -2.10. The van der Waals surface area contributed by atoms with E-state index < -0.39 is 0 Å². The lowest BCUT2D eigenvalue weighted by atomic mass is 10.2. The predicted molar refractivity (Wildman–Crippen MR) is 117 cm³/mol. The van der Waals surface area contributed by atoms with Crippen LogP contribution in [0.1, 0.15) is 16.8 Å². The summed E-state index contributed by atoms with van der Waals surface area (Å²) in [6, 6.07) is 10.5. The second kappa shape index (κ2) is 9.11. The topological polar surface area (TPSA) is 89.9 Å². The van der Waals surface area contributed by atoms with Gasteiger partial charge in [0, 0.05) is 18.0 Å². The van der Waals surface area contributed by atoms with E-state index in [2.05, 4.69) is 66.7 Å². The van der Waals surface area contributed by atoms with Crippen molar-refractivity contribution in [3.63, 3.8) is 0 Å². The Morgan fingerprint density at radius 2 is 1.87 bits per heavy atom. The number of hydrogen-bond donors (Lipinski definition) is 0. The highest BCUT2D eigenvalue weighted by molar-refractivity contribution is 7.99. The quantitative estimate of drug-likeness (QED) is 0.302. The van der Waals surface area contributed by atoms with E-state index >= 15 is 0 Å². The second-order valence-corrected chi connectivity index (χ2v) is 9.14. The number of likely N-dealkylation sites (N-methyl/N-ethyl adjacent to an activating group) is 1. The van der Waals surface area contributed by atoms with Crippen LogP contribution in [0.4, 0.5) is 0 Å². The lowest BCUT2D eigenvalue weighted by molar-refractivity contribution is 0.361. The molecule has 0 atom stereocenters. The van der Waals surface area contributed by atoms with Crippen LogP contribution in [-0.2, 0) is 12.3 Å². The Bertz CT molecular complexity index is 1130. The molecule has 0 unspecified atom stereocenters. The van der Waals surface area contributed by atoms with Gasteiger partial charge in [-0.05, 0) is 61.8 Å². The molecule has 1 aromatic carbocycles. The summed E-state index contributed by atoms with van der Waals surface area (Å²) in [6.07, 6.45) is 0. The summed E-state index contributed by atoms with van der Waals surface area (Å²) in [5.74, 6) is 1.39. The summed E-state index contributed by atoms with van der Waals surface area (Å²) in [6.45, 7) is 5.61. The van der Waals surface area contributed by atoms with Gasteiger partial charge in [-0.15, -0.1) is 10.2 Å². The fourth-order valence-corrected chi connectivity index (χ4v) is 4.41. The number of hydrogen-bond acceptors (Lipinski definition) is 9. The van der Waals surface area contributed by atoms with Crippen molar-refractivity contribution in [3.05, 3.63) is 47.2 Å². The Morgan fingerprint density at radius 3 is 2.63 bits per heavy atom. The average molecular weight is 442 g/mol. The van der Waals surface area contributed by atoms with Crippen molar-refractivity contribution in [1.82, 2.24) is 44.7 Å². The number of aromatic nitrogens is 8. The molecule has 9 nitrogen and oxygen atoms in total. The number of benzene rings is 1. The van der Waals surface area contributed by atoms with Crippen LogP contribution in [-0.4, -0.2) is 65.3 Å². The van der Waals surface area contributed by atoms with Crippen LogP contribution >= 0.6 is 23.5 Å². The largest absolute Gasteiger partial charge is 0.308 e. The smallest absolute Gasteiger partial charge is 0.254 e. The number of fused-ring (bicyclic) bond motifs is 1. The number of aryl methyl sites for hydroxylation is 2. The van der Waals surface area contributed by atoms with Crippen molar-refractivity contribution >= 4 is 29.3 Å². The molecule has 0 bridgehead atoms. The van der Waals surface area contributed by atoms with Gasteiger partial charge < -0.3 is 4.90 Å². The van der Waals surface area contributed by atoms with E-state index in [-0.39, 0.29) is 0 Å². The predicted octanol–water partition coefficient (Wildman–Crippen LogP) is 2.73. The van der Waals surface area contributed by atoms with Gasteiger partial charge in [0.2, 0.25) is 10.3 Å². The maximum Gasteiger partial charge on any atom is 0.254 e. The van der Waals surface area contributed by atoms with E-state index in [9.17, 15) is 0 Å². The third kappa shape index (κ3) is 4.97. The van der Waals surface area contributed by atoms with Gasteiger partial charge in [-0.3, -0.25) is 0 Å². The van der Waals surface area contributed by atoms with E-state index in [0.29, 0.717) is 22.6 Å². The summed E-state index contributed by atoms with van der Waals surface area (Å²) in [7, 11) is 4.05. The van der Waals surface area contributed by atoms with Gasteiger partial charge in [0.25, 0.3) is 5.78 Å². The van der Waals surface area contributed by atoms with Crippen molar-refractivity contribution in [2.75, 3.05) is 20.6 Å². The molecule has 0 aliphatic heterocycles. The van der Waals surface area contributed by atoms with Gasteiger partial charge in [-0.2, -0.15) is 9.50 Å². The highest BCUT2D eigenvalue weighted by Gasteiger charge is 2.15. The highest BCUT2D eigenvalue weighted by atomic mass is 32.2. The van der Waals surface area contributed by atoms with Crippen LogP contribution < -0.4 is 0 Å². The zero-order chi connectivity index (χ0) is 21.1. The van der Waals surface area contributed by atoms with Gasteiger partial charge in [0.05, 0.1) is 6.54 Å². The lowest BCUT2D eigenvalue weighted by Crippen LogP contribution is -2.19. The van der Waals surface area contributed by atoms with Gasteiger partial charge in [-0.25, -0.2) is 9.67 Å². The van der Waals surface area contributed by atoms with E-state index in [1.165, 1.54) is 22.9 Å². The molecule has 4 aromatic rings. The first-order valence-corrected chi connectivity index (χ1v) is 11.3. The molecule has 3 aromatic heterocycles. The van der Waals surface area contributed by atoms with E-state index in [1.54, 1.807) is 21.0 Å². The summed E-state index contributed by atoms with van der Waals surface area (Å²) >= 11 is 3.06. The van der Waals surface area contributed by atoms with Crippen LogP contribution in [0.2, 0.25) is 0 Å². The molecular weight excluding hydrogens is 418 g/mol. The SMILES string of the molecule is Cc1ccc(CSc2nc3nc(C)cc(Sc4nnnn4CCN(C)C)n3n2)cc1. The average Bonchev–Trinajstić information content (AvgIpc) is 3.32. The third-order valence-electron chi connectivity index (χ3n) is 4.33. The normalized spacial score (nSPS) is 11.6. The van der Waals surface area contributed by atoms with Gasteiger partial charge >= 0.3 is 0 Å². The summed E-state index contributed by atoms with van der Waals surface area (Å²) in [5, 5.41) is 19.1. The fourth-order valence-electron chi connectivity index (χ4n) is 2.70. The Kier molecular flexibility index (Phi) is 6.30. The zero-order valence-electron chi connectivity index (χ0n) is 17.3. The first kappa shape index (κ1) is 20.8. The van der Waals surface area contributed by atoms with Crippen LogP contribution in [0.3, 0.4) is 0 Å². The first-order valence-electron chi connectivity index (χ1n) is 9.49. The van der Waals surface area contributed by atoms with Crippen LogP contribution in [0.15, 0.2) is 45.7 Å². The molecule has 0 fully saturated rings. The van der Waals surface area contributed by atoms with Gasteiger partial charge in [-0.1, -0.05) is 41.6 Å². The Balaban J connectivity index is 1.55. The van der Waals surface area contributed by atoms with Crippen molar-refractivity contribution < 1.29 is 0 Å². The van der Waals surface area contributed by atoms with Crippen LogP contribution in [0, 0.1) is 13.8 Å². The minimum absolute atomic E-state index is 0.580. The summed E-state index contributed by atoms with van der Waals surface area (Å²) in [5.41, 5.74) is 3.37. The maximum absolute atomic E-state index is 4.67. The van der Waals surface area contributed by atoms with Crippen molar-refractivity contribution in [3.8, 4) is 0 Å². The number of thioether (sulfide) groups is 1. The molecule has 0 saturated heterocycles. The minimum atomic E-state index is 0.580. The van der Waals surface area contributed by atoms with Gasteiger partial charge in [0.15, 0.2) is 0 Å². The second-order valence-electron chi connectivity index (χ2n) is 7.21. The molecule has 0 radical (unpaired) electrons. The Labute approximate surface area is 183 Å². The van der Waals surface area contributed by atoms with E-state index in [1.807, 2.05) is 27.1 Å². The first-order chi connectivity index (χ1) is 14.5. The van der Waals surface area contributed by atoms with Crippen LogP contribution in [0.5, 0.6) is 0 Å². The Morgan fingerprint density at radius 1 is 1.07 bits per heavy atom. The van der Waals surface area contributed by atoms with Crippen molar-refractivity contribution in [2.24, 2.45) is 0 Å². The third-order valence-corrected chi connectivity index (χ3v) is 6.21. The molecule has 4 rings (SSSR count). The molecule has 0 amide bonds. The molecule has 3 heterocycles. The monoisotopic (exact) mass is 441 g/mol. The molecule has 0 N–H and O–H groups in total. The molecule has 11 heteroatoms. The molecular formula is C19H23N9S2. The fraction of sp³-hybridized carbons (Fsp3) is 0.368. The van der Waals surface area contributed by atoms with E-state index in [0.717, 1.165) is 23.0 Å². The molecule has 0 aliphatic rings. The molecule has 30 heavy (non-hydrogen) atoms. The maximum atomic E-state index is 4.67. The van der Waals surface area contributed by atoms with E-state index in [4.69, 9.17) is 0 Å². The molecule has 0 saturated carbocycles. The minimum Gasteiger partial charge on any atom is -0.308 e. The zero-order valence-corrected chi connectivity index (χ0v) is 19.0. The van der Waals surface area contributed by atoms with Crippen molar-refractivity contribution in [1.29, 1.82) is 0 Å². The Hall–Kier alpha value is -2.50. The summed E-state index contributed by atoms with van der Waals surface area (Å²) in [4.78, 5) is 11.2. The number of nitrogens with zero attached hydrogens (tertiary/aromatic N) is 9. The van der Waals surface area contributed by atoms with Crippen molar-refractivity contribution in [2.45, 2.75) is 41.5 Å². The number of rotatable bonds is 8. The number of tetrazole rings is 1. The summed E-state index contributed by atoms with van der Waals surface area (Å²) < 4.78 is 3.57. The molecule has 0 spiro atoms.